The van der Waals surface area contributed by atoms with Crippen LogP contribution in [0, 0.1) is 5.41 Å². The minimum Gasteiger partial charge on any atom is -0.366 e. The van der Waals surface area contributed by atoms with Crippen molar-refractivity contribution >= 4 is 33.2 Å². The average molecular weight is 520 g/mol. The number of amidine groups is 1. The molecule has 2 bridgehead atoms. The molecule has 34 heavy (non-hydrogen) atoms. The van der Waals surface area contributed by atoms with Gasteiger partial charge in [0.25, 0.3) is 0 Å². The van der Waals surface area contributed by atoms with Crippen molar-refractivity contribution in [3.63, 3.8) is 0 Å². The molecule has 1 N–H and O–H groups in total. The molecule has 1 aromatic carbocycles. The predicted octanol–water partition coefficient (Wildman–Crippen LogP) is 4.47. The average Bonchev–Trinajstić information content (AvgIpc) is 2.93. The van der Waals surface area contributed by atoms with Gasteiger partial charge in [0.1, 0.15) is 11.9 Å². The normalized spacial score (nSPS) is 29.8. The number of halogens is 4. The quantitative estimate of drug-likeness (QED) is 0.522. The molecule has 3 aliphatic carbocycles. The number of alkyl halides is 3. The Labute approximate surface area is 203 Å². The van der Waals surface area contributed by atoms with E-state index in [2.05, 4.69) is 10.3 Å². The van der Waals surface area contributed by atoms with E-state index in [4.69, 9.17) is 11.6 Å². The van der Waals surface area contributed by atoms with Crippen molar-refractivity contribution in [3.8, 4) is 0 Å². The molecule has 0 radical (unpaired) electrons. The summed E-state index contributed by atoms with van der Waals surface area (Å²) in [7, 11) is -3.48. The topological polar surface area (TPSA) is 78.8 Å². The summed E-state index contributed by atoms with van der Waals surface area (Å²) in [6, 6.07) is 6.32. The standard InChI is InChI=1S/C23H29ClF3N3O3S/c1-20(2)18(17(31)5-4-10-23(25,26)27)28-19(29-20)21-12-22(13-21,14-21)30(34(3,32)33)11-15-6-8-16(24)9-7-15/h6-9,18H,4-5,10-14H2,1-3H3,(H,28,29)/t18-,21?,22?/m0/s1. The van der Waals surface area contributed by atoms with E-state index in [1.165, 1.54) is 6.26 Å². The van der Waals surface area contributed by atoms with Crippen LogP contribution in [0.15, 0.2) is 29.3 Å². The first kappa shape index (κ1) is 25.4. The number of nitrogens with zero attached hydrogens (tertiary/aromatic N) is 2. The van der Waals surface area contributed by atoms with Crippen LogP contribution in [0.2, 0.25) is 5.02 Å². The number of rotatable bonds is 9. The van der Waals surface area contributed by atoms with E-state index in [1.807, 2.05) is 26.0 Å². The summed E-state index contributed by atoms with van der Waals surface area (Å²) in [6.45, 7) is 3.89. The third kappa shape index (κ3) is 4.73. The van der Waals surface area contributed by atoms with Crippen molar-refractivity contribution in [2.24, 2.45) is 10.4 Å². The summed E-state index contributed by atoms with van der Waals surface area (Å²) >= 11 is 5.94. The van der Waals surface area contributed by atoms with Crippen LogP contribution in [0.1, 0.15) is 57.9 Å². The Hall–Kier alpha value is -1.65. The van der Waals surface area contributed by atoms with Crippen LogP contribution in [0.25, 0.3) is 0 Å². The first-order chi connectivity index (χ1) is 15.6. The third-order valence-corrected chi connectivity index (χ3v) is 8.81. The molecule has 0 amide bonds. The number of hydrogen-bond donors (Lipinski definition) is 1. The van der Waals surface area contributed by atoms with Crippen LogP contribution < -0.4 is 5.32 Å². The molecule has 0 spiro atoms. The van der Waals surface area contributed by atoms with E-state index in [0.717, 1.165) is 5.56 Å². The fraction of sp³-hybridized carbons (Fsp3) is 0.652. The Morgan fingerprint density at radius 1 is 1.21 bits per heavy atom. The van der Waals surface area contributed by atoms with E-state index in [1.54, 1.807) is 16.4 Å². The largest absolute Gasteiger partial charge is 0.389 e. The van der Waals surface area contributed by atoms with Crippen molar-refractivity contribution in [2.75, 3.05) is 6.26 Å². The molecular weight excluding hydrogens is 491 g/mol. The lowest BCUT2D eigenvalue weighted by molar-refractivity contribution is -0.150. The lowest BCUT2D eigenvalue weighted by Gasteiger charge is -2.72. The van der Waals surface area contributed by atoms with Gasteiger partial charge in [-0.05, 0) is 57.2 Å². The molecule has 1 aliphatic heterocycles. The smallest absolute Gasteiger partial charge is 0.366 e. The van der Waals surface area contributed by atoms with Crippen molar-refractivity contribution in [1.29, 1.82) is 0 Å². The second-order valence-electron chi connectivity index (χ2n) is 10.6. The van der Waals surface area contributed by atoms with Gasteiger partial charge in [-0.3, -0.25) is 9.79 Å². The van der Waals surface area contributed by atoms with Gasteiger partial charge in [0.05, 0.1) is 11.8 Å². The van der Waals surface area contributed by atoms with Crippen molar-refractivity contribution in [2.45, 2.75) is 82.2 Å². The maximum absolute atomic E-state index is 12.7. The molecule has 0 unspecified atom stereocenters. The molecule has 1 aromatic rings. The molecule has 3 saturated carbocycles. The Kier molecular flexibility index (Phi) is 6.13. The Bertz CT molecular complexity index is 1100. The van der Waals surface area contributed by atoms with Gasteiger partial charge in [0.15, 0.2) is 5.78 Å². The second kappa shape index (κ2) is 8.20. The lowest BCUT2D eigenvalue weighted by Crippen LogP contribution is -2.78. The monoisotopic (exact) mass is 519 g/mol. The van der Waals surface area contributed by atoms with Gasteiger partial charge in [-0.15, -0.1) is 0 Å². The highest BCUT2D eigenvalue weighted by atomic mass is 35.5. The number of carbonyl (C=O) groups is 1. The highest BCUT2D eigenvalue weighted by Crippen LogP contribution is 2.71. The van der Waals surface area contributed by atoms with Gasteiger partial charge < -0.3 is 5.32 Å². The number of aliphatic imine (C=N–C) groups is 1. The molecule has 6 nitrogen and oxygen atoms in total. The molecule has 5 rings (SSSR count). The van der Waals surface area contributed by atoms with Crippen LogP contribution in [0.4, 0.5) is 13.2 Å². The van der Waals surface area contributed by atoms with Crippen LogP contribution in [-0.4, -0.2) is 53.9 Å². The molecule has 3 fully saturated rings. The Morgan fingerprint density at radius 3 is 2.32 bits per heavy atom. The first-order valence-electron chi connectivity index (χ1n) is 11.2. The number of hydrogen-bond acceptors (Lipinski definition) is 5. The fourth-order valence-electron chi connectivity index (χ4n) is 5.68. The zero-order chi connectivity index (χ0) is 25.2. The van der Waals surface area contributed by atoms with E-state index in [0.29, 0.717) is 30.1 Å². The Morgan fingerprint density at radius 2 is 1.79 bits per heavy atom. The van der Waals surface area contributed by atoms with Gasteiger partial charge in [-0.1, -0.05) is 23.7 Å². The van der Waals surface area contributed by atoms with E-state index >= 15 is 0 Å². The number of Topliss-reactive ketones (excluding diaryl/α,β-unsaturated/α-hetero) is 1. The second-order valence-corrected chi connectivity index (χ2v) is 12.9. The minimum absolute atomic E-state index is 0.175. The predicted molar refractivity (Wildman–Crippen MR) is 124 cm³/mol. The van der Waals surface area contributed by atoms with Crippen LogP contribution >= 0.6 is 11.6 Å². The number of benzene rings is 1. The van der Waals surface area contributed by atoms with Crippen LogP contribution in [0.3, 0.4) is 0 Å². The molecular formula is C23H29ClF3N3O3S. The van der Waals surface area contributed by atoms with Crippen molar-refractivity contribution in [1.82, 2.24) is 9.62 Å². The molecule has 11 heteroatoms. The van der Waals surface area contributed by atoms with Crippen molar-refractivity contribution in [3.05, 3.63) is 34.9 Å². The van der Waals surface area contributed by atoms with Gasteiger partial charge in [0.2, 0.25) is 10.0 Å². The molecule has 188 valence electrons. The lowest BCUT2D eigenvalue weighted by atomic mass is 9.38. The molecule has 4 aliphatic rings. The number of carbonyl (C=O) groups excluding carboxylic acids is 1. The SMILES string of the molecule is CC1(C)NC(C23CC(N(Cc4ccc(Cl)cc4)S(C)(=O)=O)(C2)C3)=N[C@H]1C(=O)CCCC(F)(F)F. The number of nitrogens with one attached hydrogen (secondary N) is 1. The van der Waals surface area contributed by atoms with E-state index in [-0.39, 0.29) is 30.6 Å². The summed E-state index contributed by atoms with van der Waals surface area (Å²) in [5.74, 6) is 0.368. The summed E-state index contributed by atoms with van der Waals surface area (Å²) < 4.78 is 64.2. The van der Waals surface area contributed by atoms with E-state index < -0.39 is 39.7 Å². The maximum atomic E-state index is 12.7. The van der Waals surface area contributed by atoms with Gasteiger partial charge >= 0.3 is 6.18 Å². The molecule has 1 heterocycles. The van der Waals surface area contributed by atoms with Gasteiger partial charge in [-0.25, -0.2) is 8.42 Å². The fourth-order valence-corrected chi connectivity index (χ4v) is 7.09. The summed E-state index contributed by atoms with van der Waals surface area (Å²) in [5.41, 5.74) is -0.666. The molecule has 1 atom stereocenters. The first-order valence-corrected chi connectivity index (χ1v) is 13.5. The zero-order valence-electron chi connectivity index (χ0n) is 19.4. The summed E-state index contributed by atoms with van der Waals surface area (Å²) in [5, 5.41) is 3.90. The van der Waals surface area contributed by atoms with E-state index in [9.17, 15) is 26.4 Å². The maximum Gasteiger partial charge on any atom is 0.389 e. The van der Waals surface area contributed by atoms with Crippen molar-refractivity contribution < 1.29 is 26.4 Å². The summed E-state index contributed by atoms with van der Waals surface area (Å²) in [6.07, 6.45) is -2.70. The number of sulfonamides is 1. The third-order valence-electron chi connectivity index (χ3n) is 7.24. The van der Waals surface area contributed by atoms with Gasteiger partial charge in [-0.2, -0.15) is 17.5 Å². The summed E-state index contributed by atoms with van der Waals surface area (Å²) in [4.78, 5) is 17.3. The highest BCUT2D eigenvalue weighted by Gasteiger charge is 2.74. The molecule has 0 aromatic heterocycles. The highest BCUT2D eigenvalue weighted by molar-refractivity contribution is 7.88. The number of ketones is 1. The van der Waals surface area contributed by atoms with Crippen LogP contribution in [-0.2, 0) is 21.4 Å². The van der Waals surface area contributed by atoms with Crippen LogP contribution in [0.5, 0.6) is 0 Å². The molecule has 0 saturated heterocycles. The van der Waals surface area contributed by atoms with Gasteiger partial charge in [0, 0.05) is 35.4 Å². The minimum atomic E-state index is -4.28. The Balaban J connectivity index is 1.44. The zero-order valence-corrected chi connectivity index (χ0v) is 20.9.